The smallest absolute Gasteiger partial charge is 0.123 e. The monoisotopic (exact) mass is 249 g/mol. The number of halogens is 1. The summed E-state index contributed by atoms with van der Waals surface area (Å²) in [5, 5.41) is 3.59. The molecule has 2 rings (SSSR count). The van der Waals surface area contributed by atoms with Crippen LogP contribution in [-0.4, -0.2) is 12.1 Å². The van der Waals surface area contributed by atoms with Crippen molar-refractivity contribution in [1.29, 1.82) is 0 Å². The summed E-state index contributed by atoms with van der Waals surface area (Å²) in [7, 11) is 0. The second-order valence-electron chi connectivity index (χ2n) is 6.56. The van der Waals surface area contributed by atoms with Gasteiger partial charge in [-0.15, -0.1) is 0 Å². The lowest BCUT2D eigenvalue weighted by Crippen LogP contribution is -2.44. The van der Waals surface area contributed by atoms with Crippen molar-refractivity contribution in [3.05, 3.63) is 35.6 Å². The van der Waals surface area contributed by atoms with E-state index in [-0.39, 0.29) is 11.4 Å². The summed E-state index contributed by atoms with van der Waals surface area (Å²) in [5.41, 5.74) is 1.47. The van der Waals surface area contributed by atoms with E-state index in [1.807, 2.05) is 12.1 Å². The van der Waals surface area contributed by atoms with Crippen molar-refractivity contribution >= 4 is 0 Å². The lowest BCUT2D eigenvalue weighted by molar-refractivity contribution is 0.159. The number of benzene rings is 1. The molecule has 1 aromatic rings. The van der Waals surface area contributed by atoms with Gasteiger partial charge >= 0.3 is 0 Å². The van der Waals surface area contributed by atoms with Gasteiger partial charge in [-0.05, 0) is 76.1 Å². The molecule has 1 N–H and O–H groups in total. The predicted octanol–water partition coefficient (Wildman–Crippen LogP) is 3.78. The Hall–Kier alpha value is -0.890. The van der Waals surface area contributed by atoms with Gasteiger partial charge in [0.15, 0.2) is 0 Å². The molecular formula is C16H24FN. The predicted molar refractivity (Wildman–Crippen MR) is 74.1 cm³/mol. The average molecular weight is 249 g/mol. The van der Waals surface area contributed by atoms with E-state index >= 15 is 0 Å². The molecule has 2 atom stereocenters. The molecule has 1 aliphatic rings. The summed E-state index contributed by atoms with van der Waals surface area (Å²) < 4.78 is 12.8. The number of rotatable bonds is 4. The van der Waals surface area contributed by atoms with Crippen molar-refractivity contribution in [1.82, 2.24) is 5.32 Å². The molecule has 1 fully saturated rings. The fourth-order valence-corrected chi connectivity index (χ4v) is 2.54. The Morgan fingerprint density at radius 3 is 2.22 bits per heavy atom. The van der Waals surface area contributed by atoms with E-state index in [0.29, 0.717) is 0 Å². The number of hydrogen-bond acceptors (Lipinski definition) is 1. The van der Waals surface area contributed by atoms with Crippen LogP contribution in [0.25, 0.3) is 0 Å². The first-order valence-corrected chi connectivity index (χ1v) is 6.93. The summed E-state index contributed by atoms with van der Waals surface area (Å²) in [6, 6.07) is 6.97. The van der Waals surface area contributed by atoms with Gasteiger partial charge in [0.2, 0.25) is 0 Å². The van der Waals surface area contributed by atoms with Crippen molar-refractivity contribution in [2.45, 2.75) is 45.6 Å². The van der Waals surface area contributed by atoms with Crippen molar-refractivity contribution in [2.75, 3.05) is 6.54 Å². The molecule has 0 radical (unpaired) electrons. The SMILES string of the molecule is CC(C)(C)NCC1CCC1Cc1ccc(F)cc1. The van der Waals surface area contributed by atoms with Crippen molar-refractivity contribution in [3.63, 3.8) is 0 Å². The third-order valence-corrected chi connectivity index (χ3v) is 3.88. The average Bonchev–Trinajstić information content (AvgIpc) is 2.25. The van der Waals surface area contributed by atoms with Crippen LogP contribution in [0.2, 0.25) is 0 Å². The van der Waals surface area contributed by atoms with Crippen LogP contribution in [0.1, 0.15) is 39.2 Å². The Morgan fingerprint density at radius 2 is 1.72 bits per heavy atom. The minimum absolute atomic E-state index is 0.140. The van der Waals surface area contributed by atoms with E-state index in [0.717, 1.165) is 24.8 Å². The Labute approximate surface area is 110 Å². The Kier molecular flexibility index (Phi) is 4.06. The molecule has 18 heavy (non-hydrogen) atoms. The first-order valence-electron chi connectivity index (χ1n) is 6.93. The van der Waals surface area contributed by atoms with Crippen molar-refractivity contribution < 1.29 is 4.39 Å². The molecule has 1 aromatic carbocycles. The van der Waals surface area contributed by atoms with E-state index in [1.165, 1.54) is 18.4 Å². The third-order valence-electron chi connectivity index (χ3n) is 3.88. The highest BCUT2D eigenvalue weighted by Crippen LogP contribution is 2.36. The van der Waals surface area contributed by atoms with Gasteiger partial charge in [0, 0.05) is 5.54 Å². The van der Waals surface area contributed by atoms with Gasteiger partial charge in [0.05, 0.1) is 0 Å². The Balaban J connectivity index is 1.82. The van der Waals surface area contributed by atoms with Crippen molar-refractivity contribution in [2.24, 2.45) is 11.8 Å². The van der Waals surface area contributed by atoms with Gasteiger partial charge in [-0.1, -0.05) is 12.1 Å². The molecule has 2 unspecified atom stereocenters. The minimum Gasteiger partial charge on any atom is -0.312 e. The summed E-state index contributed by atoms with van der Waals surface area (Å²) in [6.07, 6.45) is 3.74. The fourth-order valence-electron chi connectivity index (χ4n) is 2.54. The van der Waals surface area contributed by atoms with Crippen molar-refractivity contribution in [3.8, 4) is 0 Å². The quantitative estimate of drug-likeness (QED) is 0.856. The zero-order valence-electron chi connectivity index (χ0n) is 11.7. The highest BCUT2D eigenvalue weighted by Gasteiger charge is 2.31. The highest BCUT2D eigenvalue weighted by atomic mass is 19.1. The van der Waals surface area contributed by atoms with E-state index < -0.39 is 0 Å². The zero-order chi connectivity index (χ0) is 13.2. The summed E-state index contributed by atoms with van der Waals surface area (Å²) in [4.78, 5) is 0. The van der Waals surface area contributed by atoms with Crippen LogP contribution in [0.3, 0.4) is 0 Å². The highest BCUT2D eigenvalue weighted by molar-refractivity contribution is 5.17. The van der Waals surface area contributed by atoms with E-state index in [4.69, 9.17) is 0 Å². The van der Waals surface area contributed by atoms with Gasteiger partial charge in [-0.2, -0.15) is 0 Å². The minimum atomic E-state index is -0.140. The fraction of sp³-hybridized carbons (Fsp3) is 0.625. The number of nitrogens with one attached hydrogen (secondary N) is 1. The molecule has 1 nitrogen and oxygen atoms in total. The van der Waals surface area contributed by atoms with Gasteiger partial charge in [-0.25, -0.2) is 4.39 Å². The van der Waals surface area contributed by atoms with Gasteiger partial charge in [-0.3, -0.25) is 0 Å². The maximum absolute atomic E-state index is 12.8. The maximum Gasteiger partial charge on any atom is 0.123 e. The zero-order valence-corrected chi connectivity index (χ0v) is 11.7. The van der Waals surface area contributed by atoms with E-state index in [2.05, 4.69) is 26.1 Å². The molecular weight excluding hydrogens is 225 g/mol. The molecule has 0 aliphatic heterocycles. The molecule has 0 saturated heterocycles. The largest absolute Gasteiger partial charge is 0.312 e. The Morgan fingerprint density at radius 1 is 1.11 bits per heavy atom. The van der Waals surface area contributed by atoms with Gasteiger partial charge in [0.25, 0.3) is 0 Å². The normalized spacial score (nSPS) is 23.8. The van der Waals surface area contributed by atoms with E-state index in [1.54, 1.807) is 12.1 Å². The topological polar surface area (TPSA) is 12.0 Å². The van der Waals surface area contributed by atoms with E-state index in [9.17, 15) is 4.39 Å². The second kappa shape index (κ2) is 5.40. The van der Waals surface area contributed by atoms with Crippen LogP contribution in [0.15, 0.2) is 24.3 Å². The molecule has 2 heteroatoms. The van der Waals surface area contributed by atoms with Crippen LogP contribution in [0.4, 0.5) is 4.39 Å². The summed E-state index contributed by atoms with van der Waals surface area (Å²) >= 11 is 0. The van der Waals surface area contributed by atoms with Crippen LogP contribution in [-0.2, 0) is 6.42 Å². The maximum atomic E-state index is 12.8. The molecule has 0 heterocycles. The number of hydrogen-bond donors (Lipinski definition) is 1. The summed E-state index contributed by atoms with van der Waals surface area (Å²) in [5.74, 6) is 1.41. The van der Waals surface area contributed by atoms with Crippen LogP contribution >= 0.6 is 0 Å². The molecule has 0 aromatic heterocycles. The molecule has 100 valence electrons. The molecule has 0 spiro atoms. The third kappa shape index (κ3) is 3.81. The lowest BCUT2D eigenvalue weighted by Gasteiger charge is -2.39. The first kappa shape index (κ1) is 13.5. The van der Waals surface area contributed by atoms with Crippen LogP contribution in [0.5, 0.6) is 0 Å². The molecule has 1 saturated carbocycles. The lowest BCUT2D eigenvalue weighted by atomic mass is 9.70. The summed E-state index contributed by atoms with van der Waals surface area (Å²) in [6.45, 7) is 7.73. The Bertz CT molecular complexity index is 377. The molecule has 1 aliphatic carbocycles. The van der Waals surface area contributed by atoms with Gasteiger partial charge < -0.3 is 5.32 Å². The van der Waals surface area contributed by atoms with Crippen LogP contribution in [0, 0.1) is 17.7 Å². The first-order chi connectivity index (χ1) is 8.44. The standard InChI is InChI=1S/C16H24FN/c1-16(2,3)18-11-14-7-6-13(14)10-12-4-8-15(17)9-5-12/h4-5,8-9,13-14,18H,6-7,10-11H2,1-3H3. The van der Waals surface area contributed by atoms with Crippen LogP contribution < -0.4 is 5.32 Å². The molecule has 0 bridgehead atoms. The second-order valence-corrected chi connectivity index (χ2v) is 6.56. The van der Waals surface area contributed by atoms with Gasteiger partial charge in [0.1, 0.15) is 5.82 Å². The molecule has 0 amide bonds.